The van der Waals surface area contributed by atoms with Crippen LogP contribution in [0.2, 0.25) is 0 Å². The van der Waals surface area contributed by atoms with Crippen molar-refractivity contribution < 1.29 is 14.3 Å². The Bertz CT molecular complexity index is 578. The van der Waals surface area contributed by atoms with Crippen molar-refractivity contribution in [3.05, 3.63) is 35.8 Å². The minimum atomic E-state index is -0.323. The van der Waals surface area contributed by atoms with Gasteiger partial charge in [-0.3, -0.25) is 4.79 Å². The number of nitrogens with one attached hydrogen (secondary N) is 1. The van der Waals surface area contributed by atoms with E-state index in [0.29, 0.717) is 24.2 Å². The number of aromatic nitrogens is 1. The van der Waals surface area contributed by atoms with Gasteiger partial charge in [0, 0.05) is 25.6 Å². The van der Waals surface area contributed by atoms with Crippen molar-refractivity contribution in [1.82, 2.24) is 9.88 Å². The van der Waals surface area contributed by atoms with Crippen LogP contribution in [0.15, 0.2) is 24.3 Å². The number of aryl methyl sites for hydroxylation is 1. The monoisotopic (exact) mass is 250 g/mol. The molecule has 2 aromatic rings. The highest BCUT2D eigenvalue weighted by Gasteiger charge is 2.13. The molecule has 0 aliphatic rings. The van der Waals surface area contributed by atoms with E-state index in [2.05, 4.69) is 5.32 Å². The molecule has 2 N–H and O–H groups in total. The Hall–Kier alpha value is -1.88. The highest BCUT2D eigenvalue weighted by atomic mass is 19.1. The van der Waals surface area contributed by atoms with Crippen molar-refractivity contribution in [2.75, 3.05) is 13.2 Å². The fraction of sp³-hybridized carbons (Fsp3) is 0.308. The Morgan fingerprint density at radius 2 is 2.22 bits per heavy atom. The second-order valence-corrected chi connectivity index (χ2v) is 4.12. The lowest BCUT2D eigenvalue weighted by molar-refractivity contribution is 0.0943. The molecule has 0 aliphatic heterocycles. The van der Waals surface area contributed by atoms with Gasteiger partial charge in [0.15, 0.2) is 0 Å². The van der Waals surface area contributed by atoms with Gasteiger partial charge in [0.1, 0.15) is 11.5 Å². The first-order chi connectivity index (χ1) is 8.63. The van der Waals surface area contributed by atoms with Gasteiger partial charge in [-0.1, -0.05) is 0 Å². The number of aliphatic hydroxyl groups excluding tert-OH is 1. The Morgan fingerprint density at radius 3 is 2.94 bits per heavy atom. The molecule has 0 radical (unpaired) electrons. The molecular formula is C13H15FN2O2. The SMILES string of the molecule is Cn1c(C(=O)NCCCO)cc2ccc(F)cc21. The van der Waals surface area contributed by atoms with Crippen molar-refractivity contribution >= 4 is 16.8 Å². The summed E-state index contributed by atoms with van der Waals surface area (Å²) in [6.07, 6.45) is 0.518. The molecule has 96 valence electrons. The van der Waals surface area contributed by atoms with Crippen LogP contribution in [0.1, 0.15) is 16.9 Å². The lowest BCUT2D eigenvalue weighted by Gasteiger charge is -2.05. The summed E-state index contributed by atoms with van der Waals surface area (Å²) in [6.45, 7) is 0.464. The third-order valence-corrected chi connectivity index (χ3v) is 2.86. The summed E-state index contributed by atoms with van der Waals surface area (Å²) in [7, 11) is 1.72. The highest BCUT2D eigenvalue weighted by Crippen LogP contribution is 2.19. The minimum Gasteiger partial charge on any atom is -0.396 e. The number of amides is 1. The zero-order valence-corrected chi connectivity index (χ0v) is 10.1. The fourth-order valence-electron chi connectivity index (χ4n) is 1.89. The van der Waals surface area contributed by atoms with E-state index in [1.165, 1.54) is 12.1 Å². The van der Waals surface area contributed by atoms with E-state index in [1.54, 1.807) is 23.7 Å². The van der Waals surface area contributed by atoms with Crippen molar-refractivity contribution in [2.24, 2.45) is 7.05 Å². The number of hydrogen-bond donors (Lipinski definition) is 2. The van der Waals surface area contributed by atoms with Crippen LogP contribution in [0.3, 0.4) is 0 Å². The standard InChI is InChI=1S/C13H15FN2O2/c1-16-11-8-10(14)4-3-9(11)7-12(16)13(18)15-5-2-6-17/h3-4,7-8,17H,2,5-6H2,1H3,(H,15,18). The smallest absolute Gasteiger partial charge is 0.267 e. The first-order valence-electron chi connectivity index (χ1n) is 5.77. The number of halogens is 1. The lowest BCUT2D eigenvalue weighted by Crippen LogP contribution is -2.26. The van der Waals surface area contributed by atoms with Crippen LogP contribution in [-0.4, -0.2) is 28.7 Å². The van der Waals surface area contributed by atoms with E-state index in [0.717, 1.165) is 5.39 Å². The van der Waals surface area contributed by atoms with Crippen LogP contribution in [0.5, 0.6) is 0 Å². The number of nitrogens with zero attached hydrogens (tertiary/aromatic N) is 1. The number of benzene rings is 1. The third kappa shape index (κ3) is 2.36. The average molecular weight is 250 g/mol. The molecule has 0 bridgehead atoms. The summed E-state index contributed by atoms with van der Waals surface area (Å²) >= 11 is 0. The van der Waals surface area contributed by atoms with Gasteiger partial charge in [-0.05, 0) is 30.7 Å². The highest BCUT2D eigenvalue weighted by molar-refractivity contribution is 5.98. The maximum absolute atomic E-state index is 13.1. The first kappa shape index (κ1) is 12.6. The van der Waals surface area contributed by atoms with E-state index in [-0.39, 0.29) is 18.3 Å². The van der Waals surface area contributed by atoms with Gasteiger partial charge in [-0.25, -0.2) is 4.39 Å². The third-order valence-electron chi connectivity index (χ3n) is 2.86. The van der Waals surface area contributed by atoms with Gasteiger partial charge >= 0.3 is 0 Å². The Kier molecular flexibility index (Phi) is 3.62. The maximum Gasteiger partial charge on any atom is 0.267 e. The molecule has 1 aromatic heterocycles. The van der Waals surface area contributed by atoms with E-state index in [9.17, 15) is 9.18 Å². The molecule has 0 saturated carbocycles. The lowest BCUT2D eigenvalue weighted by atomic mass is 10.2. The van der Waals surface area contributed by atoms with Crippen LogP contribution in [-0.2, 0) is 7.05 Å². The molecule has 4 nitrogen and oxygen atoms in total. The largest absolute Gasteiger partial charge is 0.396 e. The number of rotatable bonds is 4. The van der Waals surface area contributed by atoms with E-state index < -0.39 is 0 Å². The minimum absolute atomic E-state index is 0.0423. The zero-order chi connectivity index (χ0) is 13.1. The second-order valence-electron chi connectivity index (χ2n) is 4.12. The van der Waals surface area contributed by atoms with Gasteiger partial charge in [-0.2, -0.15) is 0 Å². The predicted octanol–water partition coefficient (Wildman–Crippen LogP) is 1.43. The fourth-order valence-corrected chi connectivity index (χ4v) is 1.89. The quantitative estimate of drug-likeness (QED) is 0.806. The average Bonchev–Trinajstić information content (AvgIpc) is 2.67. The van der Waals surface area contributed by atoms with E-state index in [4.69, 9.17) is 5.11 Å². The Morgan fingerprint density at radius 1 is 1.44 bits per heavy atom. The summed E-state index contributed by atoms with van der Waals surface area (Å²) in [4.78, 5) is 11.9. The molecule has 1 amide bonds. The molecule has 0 atom stereocenters. The summed E-state index contributed by atoms with van der Waals surface area (Å²) in [5, 5.41) is 12.2. The van der Waals surface area contributed by atoms with E-state index >= 15 is 0 Å². The van der Waals surface area contributed by atoms with Crippen molar-refractivity contribution in [3.8, 4) is 0 Å². The zero-order valence-electron chi connectivity index (χ0n) is 10.1. The maximum atomic E-state index is 13.1. The van der Waals surface area contributed by atoms with Crippen molar-refractivity contribution in [1.29, 1.82) is 0 Å². The number of aliphatic hydroxyl groups is 1. The van der Waals surface area contributed by atoms with Gasteiger partial charge < -0.3 is 15.0 Å². The molecular weight excluding hydrogens is 235 g/mol. The summed E-state index contributed by atoms with van der Waals surface area (Å²) in [5.74, 6) is -0.543. The molecule has 2 rings (SSSR count). The van der Waals surface area contributed by atoms with Crippen LogP contribution in [0.4, 0.5) is 4.39 Å². The van der Waals surface area contributed by atoms with Gasteiger partial charge in [-0.15, -0.1) is 0 Å². The first-order valence-corrected chi connectivity index (χ1v) is 5.77. The summed E-state index contributed by atoms with van der Waals surface area (Å²) in [6, 6.07) is 6.15. The molecule has 0 spiro atoms. The van der Waals surface area contributed by atoms with Crippen molar-refractivity contribution in [2.45, 2.75) is 6.42 Å². The van der Waals surface area contributed by atoms with E-state index in [1.807, 2.05) is 0 Å². The van der Waals surface area contributed by atoms with Gasteiger partial charge in [0.05, 0.1) is 5.52 Å². The molecule has 1 heterocycles. The second kappa shape index (κ2) is 5.18. The van der Waals surface area contributed by atoms with Crippen LogP contribution in [0, 0.1) is 5.82 Å². The predicted molar refractivity (Wildman–Crippen MR) is 66.9 cm³/mol. The number of carbonyl (C=O) groups excluding carboxylic acids is 1. The van der Waals surface area contributed by atoms with Crippen molar-refractivity contribution in [3.63, 3.8) is 0 Å². The number of fused-ring (bicyclic) bond motifs is 1. The molecule has 0 fully saturated rings. The Labute approximate surface area is 104 Å². The summed E-state index contributed by atoms with van der Waals surface area (Å²) in [5.41, 5.74) is 1.16. The molecule has 0 saturated heterocycles. The molecule has 18 heavy (non-hydrogen) atoms. The van der Waals surface area contributed by atoms with Crippen LogP contribution >= 0.6 is 0 Å². The molecule has 0 unspecified atom stereocenters. The normalized spacial score (nSPS) is 10.8. The topological polar surface area (TPSA) is 54.3 Å². The summed E-state index contributed by atoms with van der Waals surface area (Å²) < 4.78 is 14.8. The molecule has 0 aliphatic carbocycles. The van der Waals surface area contributed by atoms with Gasteiger partial charge in [0.25, 0.3) is 5.91 Å². The van der Waals surface area contributed by atoms with Crippen LogP contribution in [0.25, 0.3) is 10.9 Å². The van der Waals surface area contributed by atoms with Gasteiger partial charge in [0.2, 0.25) is 0 Å². The number of carbonyl (C=O) groups is 1. The number of hydrogen-bond acceptors (Lipinski definition) is 2. The Balaban J connectivity index is 2.28. The molecule has 1 aromatic carbocycles. The van der Waals surface area contributed by atoms with Crippen LogP contribution < -0.4 is 5.32 Å². The molecule has 5 heteroatoms.